The second-order valence-corrected chi connectivity index (χ2v) is 6.08. The van der Waals surface area contributed by atoms with Crippen molar-refractivity contribution < 1.29 is 4.79 Å². The summed E-state index contributed by atoms with van der Waals surface area (Å²) < 4.78 is 0. The molecule has 0 aliphatic heterocycles. The van der Waals surface area contributed by atoms with Crippen LogP contribution in [0.15, 0.2) is 54.6 Å². The van der Waals surface area contributed by atoms with Gasteiger partial charge in [-0.15, -0.1) is 0 Å². The molecule has 1 N–H and O–H groups in total. The van der Waals surface area contributed by atoms with Gasteiger partial charge in [0.25, 0.3) is 0 Å². The maximum absolute atomic E-state index is 12.6. The lowest BCUT2D eigenvalue weighted by Crippen LogP contribution is -2.39. The minimum absolute atomic E-state index is 0.0820. The third-order valence-corrected chi connectivity index (χ3v) is 3.71. The Morgan fingerprint density at radius 3 is 2.13 bits per heavy atom. The van der Waals surface area contributed by atoms with E-state index in [0.29, 0.717) is 6.54 Å². The fraction of sp³-hybridized carbons (Fsp3) is 0.316. The number of urea groups is 1. The van der Waals surface area contributed by atoms with Crippen molar-refractivity contribution in [2.24, 2.45) is 0 Å². The maximum atomic E-state index is 12.6. The molecule has 0 saturated heterocycles. The van der Waals surface area contributed by atoms with Gasteiger partial charge in [0, 0.05) is 38.1 Å². The first-order valence-electron chi connectivity index (χ1n) is 7.86. The molecule has 0 aliphatic rings. The number of carbonyl (C=O) groups excluding carboxylic acids is 1. The van der Waals surface area contributed by atoms with E-state index in [4.69, 9.17) is 0 Å². The van der Waals surface area contributed by atoms with Gasteiger partial charge in [-0.3, -0.25) is 0 Å². The van der Waals surface area contributed by atoms with Crippen molar-refractivity contribution in [3.63, 3.8) is 0 Å². The number of carbonyl (C=O) groups is 1. The van der Waals surface area contributed by atoms with Gasteiger partial charge in [0.05, 0.1) is 0 Å². The van der Waals surface area contributed by atoms with Gasteiger partial charge in [-0.1, -0.05) is 30.3 Å². The highest BCUT2D eigenvalue weighted by atomic mass is 16.2. The molecule has 0 heterocycles. The highest BCUT2D eigenvalue weighted by molar-refractivity contribution is 5.89. The van der Waals surface area contributed by atoms with E-state index in [0.717, 1.165) is 16.9 Å². The molecule has 0 radical (unpaired) electrons. The molecule has 2 rings (SSSR count). The number of anilines is 2. The zero-order valence-corrected chi connectivity index (χ0v) is 14.3. The van der Waals surface area contributed by atoms with Gasteiger partial charge in [-0.05, 0) is 43.7 Å². The third-order valence-electron chi connectivity index (χ3n) is 3.71. The summed E-state index contributed by atoms with van der Waals surface area (Å²) in [4.78, 5) is 16.4. The number of rotatable bonds is 5. The predicted molar refractivity (Wildman–Crippen MR) is 96.9 cm³/mol. The van der Waals surface area contributed by atoms with E-state index in [-0.39, 0.29) is 12.1 Å². The van der Waals surface area contributed by atoms with Crippen LogP contribution in [0.2, 0.25) is 0 Å². The summed E-state index contributed by atoms with van der Waals surface area (Å²) in [6.45, 7) is 4.65. The van der Waals surface area contributed by atoms with E-state index >= 15 is 0 Å². The highest BCUT2D eigenvalue weighted by Gasteiger charge is 2.17. The molecule has 0 saturated carbocycles. The van der Waals surface area contributed by atoms with E-state index < -0.39 is 0 Å². The molecular weight excluding hydrogens is 286 g/mol. The molecule has 0 fully saturated rings. The van der Waals surface area contributed by atoms with Crippen molar-refractivity contribution in [1.82, 2.24) is 4.90 Å². The molecule has 0 aromatic heterocycles. The zero-order valence-electron chi connectivity index (χ0n) is 14.3. The van der Waals surface area contributed by atoms with Gasteiger partial charge >= 0.3 is 6.03 Å². The van der Waals surface area contributed by atoms with Crippen molar-refractivity contribution in [3.8, 4) is 0 Å². The second kappa shape index (κ2) is 7.68. The summed E-state index contributed by atoms with van der Waals surface area (Å²) >= 11 is 0. The fourth-order valence-corrected chi connectivity index (χ4v) is 2.31. The monoisotopic (exact) mass is 311 g/mol. The Labute approximate surface area is 138 Å². The third kappa shape index (κ3) is 4.74. The number of amides is 2. The maximum Gasteiger partial charge on any atom is 0.322 e. The van der Waals surface area contributed by atoms with E-state index in [2.05, 4.69) is 5.32 Å². The molecule has 4 nitrogen and oxygen atoms in total. The Kier molecular flexibility index (Phi) is 5.63. The van der Waals surface area contributed by atoms with Gasteiger partial charge in [-0.2, -0.15) is 0 Å². The summed E-state index contributed by atoms with van der Waals surface area (Å²) in [7, 11) is 3.99. The van der Waals surface area contributed by atoms with Crippen LogP contribution in [0.1, 0.15) is 19.4 Å². The molecule has 23 heavy (non-hydrogen) atoms. The molecule has 122 valence electrons. The molecule has 0 bridgehead atoms. The average molecular weight is 311 g/mol. The van der Waals surface area contributed by atoms with Crippen LogP contribution in [0, 0.1) is 0 Å². The van der Waals surface area contributed by atoms with Gasteiger partial charge in [0.2, 0.25) is 0 Å². The largest absolute Gasteiger partial charge is 0.378 e. The van der Waals surface area contributed by atoms with Gasteiger partial charge in [0.15, 0.2) is 0 Å². The van der Waals surface area contributed by atoms with Crippen molar-refractivity contribution in [1.29, 1.82) is 0 Å². The Bertz CT molecular complexity index is 621. The van der Waals surface area contributed by atoms with E-state index in [9.17, 15) is 4.79 Å². The fourth-order valence-electron chi connectivity index (χ4n) is 2.31. The van der Waals surface area contributed by atoms with Crippen LogP contribution in [0.25, 0.3) is 0 Å². The average Bonchev–Trinajstić information content (AvgIpc) is 2.53. The van der Waals surface area contributed by atoms with Crippen LogP contribution in [0.3, 0.4) is 0 Å². The lowest BCUT2D eigenvalue weighted by Gasteiger charge is -2.27. The summed E-state index contributed by atoms with van der Waals surface area (Å²) in [5, 5.41) is 2.98. The Morgan fingerprint density at radius 2 is 1.61 bits per heavy atom. The van der Waals surface area contributed by atoms with E-state index in [1.165, 1.54) is 0 Å². The van der Waals surface area contributed by atoms with Gasteiger partial charge < -0.3 is 15.1 Å². The number of benzene rings is 2. The first kappa shape index (κ1) is 16.9. The Balaban J connectivity index is 2.06. The summed E-state index contributed by atoms with van der Waals surface area (Å²) in [6.07, 6.45) is 0. The Hall–Kier alpha value is -2.49. The molecule has 2 aromatic carbocycles. The van der Waals surface area contributed by atoms with Crippen LogP contribution in [-0.4, -0.2) is 31.1 Å². The molecular formula is C19H25N3O. The van der Waals surface area contributed by atoms with Crippen LogP contribution in [0.5, 0.6) is 0 Å². The number of nitrogens with one attached hydrogen (secondary N) is 1. The van der Waals surface area contributed by atoms with Crippen molar-refractivity contribution in [3.05, 3.63) is 60.2 Å². The molecule has 2 amide bonds. The lowest BCUT2D eigenvalue weighted by molar-refractivity contribution is 0.193. The normalized spacial score (nSPS) is 10.5. The lowest BCUT2D eigenvalue weighted by atomic mass is 10.2. The zero-order chi connectivity index (χ0) is 16.8. The molecule has 0 aliphatic carbocycles. The summed E-state index contributed by atoms with van der Waals surface area (Å²) in [6, 6.07) is 17.9. The SMILES string of the molecule is CC(C)N(Cc1ccccc1)C(=O)Nc1ccc(N(C)C)cc1. The molecule has 0 atom stereocenters. The number of hydrogen-bond acceptors (Lipinski definition) is 2. The number of hydrogen-bond donors (Lipinski definition) is 1. The molecule has 0 unspecified atom stereocenters. The van der Waals surface area contributed by atoms with E-state index in [1.807, 2.05) is 92.3 Å². The van der Waals surface area contributed by atoms with E-state index in [1.54, 1.807) is 0 Å². The summed E-state index contributed by atoms with van der Waals surface area (Å²) in [5.41, 5.74) is 3.03. The van der Waals surface area contributed by atoms with Crippen LogP contribution >= 0.6 is 0 Å². The quantitative estimate of drug-likeness (QED) is 0.898. The molecule has 0 spiro atoms. The highest BCUT2D eigenvalue weighted by Crippen LogP contribution is 2.17. The Morgan fingerprint density at radius 1 is 1.00 bits per heavy atom. The van der Waals surface area contributed by atoms with Crippen LogP contribution in [0.4, 0.5) is 16.2 Å². The van der Waals surface area contributed by atoms with Crippen LogP contribution < -0.4 is 10.2 Å². The van der Waals surface area contributed by atoms with Crippen molar-refractivity contribution in [2.75, 3.05) is 24.3 Å². The second-order valence-electron chi connectivity index (χ2n) is 6.08. The molecule has 2 aromatic rings. The number of nitrogens with zero attached hydrogens (tertiary/aromatic N) is 2. The van der Waals surface area contributed by atoms with Gasteiger partial charge in [-0.25, -0.2) is 4.79 Å². The first-order chi connectivity index (χ1) is 11.0. The predicted octanol–water partition coefficient (Wildman–Crippen LogP) is 4.20. The van der Waals surface area contributed by atoms with Crippen molar-refractivity contribution >= 4 is 17.4 Å². The summed E-state index contributed by atoms with van der Waals surface area (Å²) in [5.74, 6) is 0. The van der Waals surface area contributed by atoms with Crippen LogP contribution in [-0.2, 0) is 6.54 Å². The topological polar surface area (TPSA) is 35.6 Å². The van der Waals surface area contributed by atoms with Gasteiger partial charge in [0.1, 0.15) is 0 Å². The van der Waals surface area contributed by atoms with Crippen molar-refractivity contribution in [2.45, 2.75) is 26.4 Å². The standard InChI is InChI=1S/C19H25N3O/c1-15(2)22(14-16-8-6-5-7-9-16)19(23)20-17-10-12-18(13-11-17)21(3)4/h5-13,15H,14H2,1-4H3,(H,20,23). The first-order valence-corrected chi connectivity index (χ1v) is 7.86. The minimum atomic E-state index is -0.0820. The smallest absolute Gasteiger partial charge is 0.322 e. The minimum Gasteiger partial charge on any atom is -0.378 e. The molecule has 4 heteroatoms.